The zero-order chi connectivity index (χ0) is 13.7. The number of carbonyl (C=O) groups is 1. The first-order valence-corrected chi connectivity index (χ1v) is 7.69. The molecule has 0 aromatic carbocycles. The van der Waals surface area contributed by atoms with E-state index in [1.54, 1.807) is 12.3 Å². The Morgan fingerprint density at radius 2 is 2.47 bits per heavy atom. The molecule has 1 fully saturated rings. The molecule has 19 heavy (non-hydrogen) atoms. The number of anilines is 1. The predicted octanol–water partition coefficient (Wildman–Crippen LogP) is 2.07. The number of likely N-dealkylation sites (tertiary alicyclic amines) is 1. The maximum absolute atomic E-state index is 11.5. The maximum Gasteiger partial charge on any atom is 0.357 e. The van der Waals surface area contributed by atoms with Gasteiger partial charge in [0, 0.05) is 18.5 Å². The van der Waals surface area contributed by atoms with Gasteiger partial charge in [0.25, 0.3) is 0 Å². The molecule has 5 nitrogen and oxygen atoms in total. The number of esters is 1. The van der Waals surface area contributed by atoms with Crippen molar-refractivity contribution in [1.82, 2.24) is 9.88 Å². The van der Waals surface area contributed by atoms with Crippen LogP contribution in [0.15, 0.2) is 5.38 Å². The molecule has 1 aromatic heterocycles. The second kappa shape index (κ2) is 6.86. The van der Waals surface area contributed by atoms with Crippen LogP contribution in [-0.4, -0.2) is 48.6 Å². The van der Waals surface area contributed by atoms with E-state index in [-0.39, 0.29) is 5.97 Å². The molecule has 1 unspecified atom stereocenters. The van der Waals surface area contributed by atoms with Crippen molar-refractivity contribution in [2.45, 2.75) is 20.3 Å². The molecule has 0 saturated carbocycles. The van der Waals surface area contributed by atoms with Gasteiger partial charge in [0.05, 0.1) is 6.61 Å². The Kier molecular flexibility index (Phi) is 5.15. The number of aromatic nitrogens is 1. The third-order valence-electron chi connectivity index (χ3n) is 3.35. The summed E-state index contributed by atoms with van der Waals surface area (Å²) in [5.41, 5.74) is 0.399. The van der Waals surface area contributed by atoms with E-state index in [1.807, 2.05) is 0 Å². The van der Waals surface area contributed by atoms with E-state index in [0.717, 1.165) is 24.8 Å². The molecule has 1 aromatic rings. The molecule has 0 bridgehead atoms. The van der Waals surface area contributed by atoms with Gasteiger partial charge in [0.2, 0.25) is 0 Å². The summed E-state index contributed by atoms with van der Waals surface area (Å²) in [6, 6.07) is 0. The summed E-state index contributed by atoms with van der Waals surface area (Å²) >= 11 is 1.46. The van der Waals surface area contributed by atoms with Gasteiger partial charge in [0.15, 0.2) is 10.8 Å². The molecule has 0 amide bonds. The molecule has 1 N–H and O–H groups in total. The summed E-state index contributed by atoms with van der Waals surface area (Å²) in [6.45, 7) is 8.76. The summed E-state index contributed by atoms with van der Waals surface area (Å²) in [7, 11) is 0. The van der Waals surface area contributed by atoms with Gasteiger partial charge < -0.3 is 15.0 Å². The first-order chi connectivity index (χ1) is 9.22. The number of carbonyl (C=O) groups excluding carboxylic acids is 1. The van der Waals surface area contributed by atoms with Crippen LogP contribution in [0.25, 0.3) is 0 Å². The Labute approximate surface area is 118 Å². The second-order valence-electron chi connectivity index (χ2n) is 4.69. The summed E-state index contributed by atoms with van der Waals surface area (Å²) in [6.07, 6.45) is 1.23. The highest BCUT2D eigenvalue weighted by atomic mass is 32.1. The van der Waals surface area contributed by atoms with Crippen molar-refractivity contribution in [3.05, 3.63) is 11.1 Å². The van der Waals surface area contributed by atoms with Crippen LogP contribution in [0, 0.1) is 5.92 Å². The first kappa shape index (κ1) is 14.3. The Bertz CT molecular complexity index is 422. The van der Waals surface area contributed by atoms with Crippen LogP contribution in [0.1, 0.15) is 30.8 Å². The minimum atomic E-state index is -0.343. The lowest BCUT2D eigenvalue weighted by Crippen LogP contribution is -2.22. The third kappa shape index (κ3) is 3.91. The van der Waals surface area contributed by atoms with Crippen LogP contribution >= 0.6 is 11.3 Å². The summed E-state index contributed by atoms with van der Waals surface area (Å²) < 4.78 is 4.92. The molecule has 1 aliphatic rings. The monoisotopic (exact) mass is 283 g/mol. The smallest absolute Gasteiger partial charge is 0.357 e. The fourth-order valence-corrected chi connectivity index (χ4v) is 2.94. The van der Waals surface area contributed by atoms with E-state index in [2.05, 4.69) is 22.1 Å². The van der Waals surface area contributed by atoms with Crippen LogP contribution < -0.4 is 5.32 Å². The van der Waals surface area contributed by atoms with Crippen LogP contribution in [0.4, 0.5) is 5.13 Å². The average molecular weight is 283 g/mol. The van der Waals surface area contributed by atoms with E-state index in [4.69, 9.17) is 4.74 Å². The van der Waals surface area contributed by atoms with Gasteiger partial charge in [-0.05, 0) is 32.4 Å². The highest BCUT2D eigenvalue weighted by Crippen LogP contribution is 2.19. The van der Waals surface area contributed by atoms with Gasteiger partial charge in [-0.2, -0.15) is 0 Å². The molecule has 0 radical (unpaired) electrons. The van der Waals surface area contributed by atoms with Crippen LogP contribution in [0.2, 0.25) is 0 Å². The molecule has 6 heteroatoms. The predicted molar refractivity (Wildman–Crippen MR) is 76.8 cm³/mol. The van der Waals surface area contributed by atoms with E-state index in [9.17, 15) is 4.79 Å². The van der Waals surface area contributed by atoms with E-state index in [1.165, 1.54) is 24.3 Å². The van der Waals surface area contributed by atoms with Gasteiger partial charge in [-0.3, -0.25) is 0 Å². The molecular weight excluding hydrogens is 262 g/mol. The van der Waals surface area contributed by atoms with E-state index >= 15 is 0 Å². The molecule has 0 spiro atoms. The van der Waals surface area contributed by atoms with Crippen LogP contribution in [0.3, 0.4) is 0 Å². The zero-order valence-corrected chi connectivity index (χ0v) is 12.3. The second-order valence-corrected chi connectivity index (χ2v) is 5.55. The molecule has 2 heterocycles. The van der Waals surface area contributed by atoms with Crippen molar-refractivity contribution in [2.75, 3.05) is 38.1 Å². The quantitative estimate of drug-likeness (QED) is 0.810. The third-order valence-corrected chi connectivity index (χ3v) is 4.15. The van der Waals surface area contributed by atoms with Crippen molar-refractivity contribution < 1.29 is 9.53 Å². The Hall–Kier alpha value is -1.14. The fraction of sp³-hybridized carbons (Fsp3) is 0.692. The number of nitrogens with zero attached hydrogens (tertiary/aromatic N) is 2. The highest BCUT2D eigenvalue weighted by Gasteiger charge is 2.21. The van der Waals surface area contributed by atoms with Crippen LogP contribution in [0.5, 0.6) is 0 Å². The SMILES string of the molecule is CCOC(=O)c1csc(NCC2CCN(CC)C2)n1. The fourth-order valence-electron chi connectivity index (χ4n) is 2.25. The first-order valence-electron chi connectivity index (χ1n) is 6.81. The van der Waals surface area contributed by atoms with Gasteiger partial charge in [-0.15, -0.1) is 11.3 Å². The van der Waals surface area contributed by atoms with Crippen molar-refractivity contribution in [3.8, 4) is 0 Å². The topological polar surface area (TPSA) is 54.5 Å². The number of ether oxygens (including phenoxy) is 1. The Balaban J connectivity index is 1.79. The molecule has 2 rings (SSSR count). The lowest BCUT2D eigenvalue weighted by Gasteiger charge is -2.13. The number of thiazole rings is 1. The van der Waals surface area contributed by atoms with Crippen molar-refractivity contribution in [3.63, 3.8) is 0 Å². The highest BCUT2D eigenvalue weighted by molar-refractivity contribution is 7.13. The van der Waals surface area contributed by atoms with Crippen LogP contribution in [-0.2, 0) is 4.74 Å². The number of hydrogen-bond donors (Lipinski definition) is 1. The lowest BCUT2D eigenvalue weighted by atomic mass is 10.1. The number of nitrogens with one attached hydrogen (secondary N) is 1. The standard InChI is InChI=1S/C13H21N3O2S/c1-3-16-6-5-10(8-16)7-14-13-15-11(9-19-13)12(17)18-4-2/h9-10H,3-8H2,1-2H3,(H,14,15). The molecular formula is C13H21N3O2S. The summed E-state index contributed by atoms with van der Waals surface area (Å²) in [5, 5.41) is 5.87. The minimum absolute atomic E-state index is 0.343. The molecule has 106 valence electrons. The van der Waals surface area contributed by atoms with E-state index < -0.39 is 0 Å². The van der Waals surface area contributed by atoms with Crippen molar-refractivity contribution in [1.29, 1.82) is 0 Å². The Morgan fingerprint density at radius 1 is 1.63 bits per heavy atom. The van der Waals surface area contributed by atoms with Gasteiger partial charge in [-0.25, -0.2) is 9.78 Å². The van der Waals surface area contributed by atoms with Crippen molar-refractivity contribution >= 4 is 22.4 Å². The summed E-state index contributed by atoms with van der Waals surface area (Å²) in [4.78, 5) is 18.2. The normalized spacial score (nSPS) is 19.6. The summed E-state index contributed by atoms with van der Waals surface area (Å²) in [5.74, 6) is 0.333. The molecule has 0 aliphatic carbocycles. The zero-order valence-electron chi connectivity index (χ0n) is 11.5. The van der Waals surface area contributed by atoms with Gasteiger partial charge in [-0.1, -0.05) is 6.92 Å². The van der Waals surface area contributed by atoms with Crippen molar-refractivity contribution in [2.24, 2.45) is 5.92 Å². The number of hydrogen-bond acceptors (Lipinski definition) is 6. The number of rotatable bonds is 6. The van der Waals surface area contributed by atoms with E-state index in [0.29, 0.717) is 18.2 Å². The average Bonchev–Trinajstić information content (AvgIpc) is 3.06. The van der Waals surface area contributed by atoms with Gasteiger partial charge in [0.1, 0.15) is 0 Å². The van der Waals surface area contributed by atoms with Gasteiger partial charge >= 0.3 is 5.97 Å². The lowest BCUT2D eigenvalue weighted by molar-refractivity contribution is 0.0520. The maximum atomic E-state index is 11.5. The Morgan fingerprint density at radius 3 is 3.16 bits per heavy atom. The molecule has 1 saturated heterocycles. The largest absolute Gasteiger partial charge is 0.461 e. The molecule has 1 atom stereocenters. The minimum Gasteiger partial charge on any atom is -0.461 e. The molecule has 1 aliphatic heterocycles.